The van der Waals surface area contributed by atoms with Crippen LogP contribution in [-0.2, 0) is 0 Å². The lowest BCUT2D eigenvalue weighted by molar-refractivity contribution is 0.316. The maximum Gasteiger partial charge on any atom is 0.222 e. The van der Waals surface area contributed by atoms with Crippen molar-refractivity contribution in [3.05, 3.63) is 30.7 Å². The van der Waals surface area contributed by atoms with Crippen molar-refractivity contribution in [2.45, 2.75) is 13.3 Å². The van der Waals surface area contributed by atoms with E-state index in [1.807, 2.05) is 12.1 Å². The molecule has 0 radical (unpaired) electrons. The van der Waals surface area contributed by atoms with Crippen LogP contribution in [0.15, 0.2) is 30.7 Å². The smallest absolute Gasteiger partial charge is 0.222 e. The first kappa shape index (κ1) is 12.3. The SMILES string of the molecule is CCCOc1cncc(-c2ccnc(NC)n2)c1. The lowest BCUT2D eigenvalue weighted by Crippen LogP contribution is -1.98. The van der Waals surface area contributed by atoms with Crippen molar-refractivity contribution in [2.24, 2.45) is 0 Å². The molecule has 0 saturated heterocycles. The van der Waals surface area contributed by atoms with Gasteiger partial charge in [0.25, 0.3) is 0 Å². The number of hydrogen-bond acceptors (Lipinski definition) is 5. The molecule has 0 aliphatic heterocycles. The van der Waals surface area contributed by atoms with Gasteiger partial charge in [0, 0.05) is 25.0 Å². The average molecular weight is 244 g/mol. The molecule has 2 aromatic heterocycles. The van der Waals surface area contributed by atoms with E-state index < -0.39 is 0 Å². The highest BCUT2D eigenvalue weighted by Crippen LogP contribution is 2.21. The van der Waals surface area contributed by atoms with Gasteiger partial charge in [0.05, 0.1) is 18.5 Å². The van der Waals surface area contributed by atoms with Crippen LogP contribution < -0.4 is 10.1 Å². The molecule has 0 fully saturated rings. The van der Waals surface area contributed by atoms with Gasteiger partial charge in [-0.05, 0) is 18.6 Å². The Morgan fingerprint density at radius 3 is 3.00 bits per heavy atom. The number of pyridine rings is 1. The molecule has 0 aliphatic rings. The first-order chi connectivity index (χ1) is 8.83. The molecule has 0 saturated carbocycles. The Hall–Kier alpha value is -2.17. The van der Waals surface area contributed by atoms with Crippen molar-refractivity contribution in [1.29, 1.82) is 0 Å². The molecule has 2 heterocycles. The summed E-state index contributed by atoms with van der Waals surface area (Å²) in [5.74, 6) is 1.35. The molecule has 1 N–H and O–H groups in total. The Balaban J connectivity index is 2.26. The first-order valence-electron chi connectivity index (χ1n) is 5.92. The van der Waals surface area contributed by atoms with Crippen LogP contribution in [0.4, 0.5) is 5.95 Å². The Labute approximate surface area is 106 Å². The third-order valence-corrected chi connectivity index (χ3v) is 2.36. The van der Waals surface area contributed by atoms with Crippen molar-refractivity contribution in [3.63, 3.8) is 0 Å². The second kappa shape index (κ2) is 5.95. The molecule has 0 bridgehead atoms. The number of ether oxygens (including phenoxy) is 1. The molecule has 0 aromatic carbocycles. The summed E-state index contributed by atoms with van der Waals surface area (Å²) in [7, 11) is 1.79. The van der Waals surface area contributed by atoms with E-state index in [2.05, 4.69) is 27.2 Å². The fourth-order valence-corrected chi connectivity index (χ4v) is 1.50. The van der Waals surface area contributed by atoms with Gasteiger partial charge in [-0.15, -0.1) is 0 Å². The predicted octanol–water partition coefficient (Wildman–Crippen LogP) is 2.37. The van der Waals surface area contributed by atoms with Crippen LogP contribution in [0.5, 0.6) is 5.75 Å². The molecule has 18 heavy (non-hydrogen) atoms. The Morgan fingerprint density at radius 2 is 2.22 bits per heavy atom. The molecule has 0 unspecified atom stereocenters. The molecule has 94 valence electrons. The van der Waals surface area contributed by atoms with Crippen LogP contribution in [-0.4, -0.2) is 28.6 Å². The van der Waals surface area contributed by atoms with Crippen LogP contribution in [0.3, 0.4) is 0 Å². The maximum atomic E-state index is 5.55. The number of nitrogens with zero attached hydrogens (tertiary/aromatic N) is 3. The van der Waals surface area contributed by atoms with E-state index >= 15 is 0 Å². The van der Waals surface area contributed by atoms with Crippen LogP contribution in [0.2, 0.25) is 0 Å². The summed E-state index contributed by atoms with van der Waals surface area (Å²) in [5.41, 5.74) is 1.74. The molecule has 0 amide bonds. The standard InChI is InChI=1S/C13H16N4O/c1-3-6-18-11-7-10(8-15-9-11)12-4-5-16-13(14-2)17-12/h4-5,7-9H,3,6H2,1-2H3,(H,14,16,17). The molecule has 5 nitrogen and oxygen atoms in total. The molecule has 0 atom stereocenters. The third-order valence-electron chi connectivity index (χ3n) is 2.36. The van der Waals surface area contributed by atoms with Gasteiger partial charge in [0.1, 0.15) is 5.75 Å². The highest BCUT2D eigenvalue weighted by molar-refractivity contribution is 5.60. The average Bonchev–Trinajstić information content (AvgIpc) is 2.45. The van der Waals surface area contributed by atoms with E-state index in [1.165, 1.54) is 0 Å². The second-order valence-electron chi connectivity index (χ2n) is 3.77. The largest absolute Gasteiger partial charge is 0.492 e. The summed E-state index contributed by atoms with van der Waals surface area (Å²) in [6.45, 7) is 2.76. The van der Waals surface area contributed by atoms with E-state index in [0.29, 0.717) is 12.6 Å². The van der Waals surface area contributed by atoms with E-state index in [-0.39, 0.29) is 0 Å². The van der Waals surface area contributed by atoms with Crippen molar-refractivity contribution in [1.82, 2.24) is 15.0 Å². The number of rotatable bonds is 5. The fourth-order valence-electron chi connectivity index (χ4n) is 1.50. The molecule has 5 heteroatoms. The number of nitrogens with one attached hydrogen (secondary N) is 1. The van der Waals surface area contributed by atoms with Crippen LogP contribution in [0, 0.1) is 0 Å². The van der Waals surface area contributed by atoms with Gasteiger partial charge in [-0.2, -0.15) is 0 Å². The van der Waals surface area contributed by atoms with Crippen molar-refractivity contribution in [3.8, 4) is 17.0 Å². The van der Waals surface area contributed by atoms with Gasteiger partial charge in [0.15, 0.2) is 0 Å². The summed E-state index contributed by atoms with van der Waals surface area (Å²) >= 11 is 0. The summed E-state index contributed by atoms with van der Waals surface area (Å²) in [6, 6.07) is 3.78. The predicted molar refractivity (Wildman–Crippen MR) is 70.6 cm³/mol. The summed E-state index contributed by atoms with van der Waals surface area (Å²) in [5, 5.41) is 2.91. The fraction of sp³-hybridized carbons (Fsp3) is 0.308. The van der Waals surface area contributed by atoms with E-state index in [4.69, 9.17) is 4.74 Å². The van der Waals surface area contributed by atoms with Crippen molar-refractivity contribution >= 4 is 5.95 Å². The maximum absolute atomic E-state index is 5.55. The summed E-state index contributed by atoms with van der Waals surface area (Å²) in [6.07, 6.45) is 6.16. The topological polar surface area (TPSA) is 59.9 Å². The van der Waals surface area contributed by atoms with Gasteiger partial charge >= 0.3 is 0 Å². The zero-order valence-electron chi connectivity index (χ0n) is 10.6. The highest BCUT2D eigenvalue weighted by atomic mass is 16.5. The molecular weight excluding hydrogens is 228 g/mol. The normalized spacial score (nSPS) is 10.1. The summed E-state index contributed by atoms with van der Waals surface area (Å²) in [4.78, 5) is 12.6. The van der Waals surface area contributed by atoms with Crippen molar-refractivity contribution in [2.75, 3.05) is 19.0 Å². The van der Waals surface area contributed by atoms with Gasteiger partial charge in [0.2, 0.25) is 5.95 Å². The minimum Gasteiger partial charge on any atom is -0.492 e. The zero-order valence-corrected chi connectivity index (χ0v) is 10.6. The van der Waals surface area contributed by atoms with Gasteiger partial charge in [-0.1, -0.05) is 6.92 Å². The van der Waals surface area contributed by atoms with Gasteiger partial charge in [-0.3, -0.25) is 4.98 Å². The van der Waals surface area contributed by atoms with Gasteiger partial charge in [-0.25, -0.2) is 9.97 Å². The minimum atomic E-state index is 0.590. The van der Waals surface area contributed by atoms with E-state index in [9.17, 15) is 0 Å². The highest BCUT2D eigenvalue weighted by Gasteiger charge is 2.03. The summed E-state index contributed by atoms with van der Waals surface area (Å²) < 4.78 is 5.55. The van der Waals surface area contributed by atoms with Crippen LogP contribution >= 0.6 is 0 Å². The molecule has 0 spiro atoms. The van der Waals surface area contributed by atoms with Crippen LogP contribution in [0.25, 0.3) is 11.3 Å². The third kappa shape index (κ3) is 2.94. The van der Waals surface area contributed by atoms with Crippen molar-refractivity contribution < 1.29 is 4.74 Å². The molecule has 2 aromatic rings. The Morgan fingerprint density at radius 1 is 1.33 bits per heavy atom. The quantitative estimate of drug-likeness (QED) is 0.875. The molecule has 0 aliphatic carbocycles. The zero-order chi connectivity index (χ0) is 12.8. The van der Waals surface area contributed by atoms with Crippen LogP contribution in [0.1, 0.15) is 13.3 Å². The lowest BCUT2D eigenvalue weighted by atomic mass is 10.2. The number of hydrogen-bond donors (Lipinski definition) is 1. The van der Waals surface area contributed by atoms with E-state index in [0.717, 1.165) is 23.4 Å². The lowest BCUT2D eigenvalue weighted by Gasteiger charge is -2.06. The Kier molecular flexibility index (Phi) is 4.06. The Bertz CT molecular complexity index is 516. The molecule has 2 rings (SSSR count). The van der Waals surface area contributed by atoms with Gasteiger partial charge < -0.3 is 10.1 Å². The first-order valence-corrected chi connectivity index (χ1v) is 5.92. The number of anilines is 1. The van der Waals surface area contributed by atoms with E-state index in [1.54, 1.807) is 25.6 Å². The number of aromatic nitrogens is 3. The monoisotopic (exact) mass is 244 g/mol. The molecular formula is C13H16N4O. The minimum absolute atomic E-state index is 0.590. The second-order valence-corrected chi connectivity index (χ2v) is 3.77.